The number of ether oxygens (including phenoxy) is 1. The fourth-order valence-electron chi connectivity index (χ4n) is 1.58. The second kappa shape index (κ2) is 6.86. The van der Waals surface area contributed by atoms with E-state index in [1.165, 1.54) is 0 Å². The molecule has 0 aliphatic carbocycles. The number of carbonyl (C=O) groups is 1. The molecule has 2 aromatic carbocycles. The Bertz CT molecular complexity index is 627. The Morgan fingerprint density at radius 1 is 1.25 bits per heavy atom. The smallest absolute Gasteiger partial charge is 0.271 e. The Balaban J connectivity index is 2.00. The monoisotopic (exact) mass is 332 g/mol. The van der Waals surface area contributed by atoms with Gasteiger partial charge in [-0.3, -0.25) is 4.79 Å². The van der Waals surface area contributed by atoms with Crippen LogP contribution in [0.1, 0.15) is 15.9 Å². The Morgan fingerprint density at radius 3 is 2.65 bits per heavy atom. The number of carbonyl (C=O) groups excluding carboxylic acids is 1. The van der Waals surface area contributed by atoms with Crippen LogP contribution in [0.2, 0.25) is 0 Å². The predicted octanol–water partition coefficient (Wildman–Crippen LogP) is 3.22. The first kappa shape index (κ1) is 14.3. The Kier molecular flexibility index (Phi) is 4.90. The molecule has 0 heterocycles. The number of hydrogen-bond donors (Lipinski definition) is 1. The molecular weight excluding hydrogens is 320 g/mol. The van der Waals surface area contributed by atoms with Gasteiger partial charge in [0.1, 0.15) is 5.75 Å². The standard InChI is InChI=1S/C15H13BrN2O2/c1-20-14-8-7-11(9-13(14)16)10-17-18-15(19)12-5-3-2-4-6-12/h2-10H,1H3,(H,18,19). The van der Waals surface area contributed by atoms with Gasteiger partial charge in [-0.25, -0.2) is 5.43 Å². The van der Waals surface area contributed by atoms with E-state index in [2.05, 4.69) is 26.5 Å². The normalized spacial score (nSPS) is 10.5. The highest BCUT2D eigenvalue weighted by Gasteiger charge is 2.02. The average molecular weight is 333 g/mol. The molecule has 20 heavy (non-hydrogen) atoms. The Morgan fingerprint density at radius 2 is 2.00 bits per heavy atom. The maximum atomic E-state index is 11.7. The van der Waals surface area contributed by atoms with Crippen molar-refractivity contribution in [2.24, 2.45) is 5.10 Å². The lowest BCUT2D eigenvalue weighted by Gasteiger charge is -2.03. The van der Waals surface area contributed by atoms with Crippen molar-refractivity contribution >= 4 is 28.1 Å². The first-order valence-corrected chi connectivity index (χ1v) is 6.72. The second-order valence-electron chi connectivity index (χ2n) is 3.96. The molecule has 0 radical (unpaired) electrons. The molecule has 0 unspecified atom stereocenters. The van der Waals surface area contributed by atoms with Crippen molar-refractivity contribution in [1.82, 2.24) is 5.43 Å². The molecule has 0 aromatic heterocycles. The highest BCUT2D eigenvalue weighted by atomic mass is 79.9. The van der Waals surface area contributed by atoms with Gasteiger partial charge in [0.15, 0.2) is 0 Å². The maximum Gasteiger partial charge on any atom is 0.271 e. The zero-order chi connectivity index (χ0) is 14.4. The summed E-state index contributed by atoms with van der Waals surface area (Å²) in [6.45, 7) is 0. The minimum Gasteiger partial charge on any atom is -0.496 e. The van der Waals surface area contributed by atoms with Gasteiger partial charge in [-0.05, 0) is 51.8 Å². The molecule has 102 valence electrons. The van der Waals surface area contributed by atoms with Crippen molar-refractivity contribution in [3.8, 4) is 5.75 Å². The van der Waals surface area contributed by atoms with E-state index in [-0.39, 0.29) is 5.91 Å². The SMILES string of the molecule is COc1ccc(C=NNC(=O)c2ccccc2)cc1Br. The van der Waals surface area contributed by atoms with Crippen molar-refractivity contribution in [3.05, 3.63) is 64.1 Å². The molecule has 1 N–H and O–H groups in total. The molecule has 5 heteroatoms. The Hall–Kier alpha value is -2.14. The van der Waals surface area contributed by atoms with Gasteiger partial charge >= 0.3 is 0 Å². The molecule has 0 saturated heterocycles. The van der Waals surface area contributed by atoms with Crippen molar-refractivity contribution < 1.29 is 9.53 Å². The molecule has 0 fully saturated rings. The minimum atomic E-state index is -0.241. The van der Waals surface area contributed by atoms with Crippen LogP contribution in [0, 0.1) is 0 Å². The third kappa shape index (κ3) is 3.68. The van der Waals surface area contributed by atoms with Crippen LogP contribution >= 0.6 is 15.9 Å². The van der Waals surface area contributed by atoms with Crippen LogP contribution in [-0.4, -0.2) is 19.2 Å². The summed E-state index contributed by atoms with van der Waals surface area (Å²) in [7, 11) is 1.61. The number of nitrogens with zero attached hydrogens (tertiary/aromatic N) is 1. The molecule has 0 bridgehead atoms. The number of amides is 1. The fraction of sp³-hybridized carbons (Fsp3) is 0.0667. The molecule has 4 nitrogen and oxygen atoms in total. The molecule has 0 aliphatic heterocycles. The first-order chi connectivity index (χ1) is 9.70. The van der Waals surface area contributed by atoms with Crippen LogP contribution < -0.4 is 10.2 Å². The van der Waals surface area contributed by atoms with Gasteiger partial charge in [-0.1, -0.05) is 18.2 Å². The molecule has 1 amide bonds. The summed E-state index contributed by atoms with van der Waals surface area (Å²) < 4.78 is 5.97. The van der Waals surface area contributed by atoms with E-state index in [9.17, 15) is 4.79 Å². The van der Waals surface area contributed by atoms with E-state index in [0.29, 0.717) is 5.56 Å². The largest absolute Gasteiger partial charge is 0.496 e. The van der Waals surface area contributed by atoms with Gasteiger partial charge < -0.3 is 4.74 Å². The summed E-state index contributed by atoms with van der Waals surface area (Å²) in [6, 6.07) is 14.5. The van der Waals surface area contributed by atoms with Crippen LogP contribution in [0.4, 0.5) is 0 Å². The molecule has 0 spiro atoms. The third-order valence-electron chi connectivity index (χ3n) is 2.59. The summed E-state index contributed by atoms with van der Waals surface area (Å²) in [6.07, 6.45) is 1.57. The van der Waals surface area contributed by atoms with Gasteiger partial charge in [0.25, 0.3) is 5.91 Å². The van der Waals surface area contributed by atoms with Gasteiger partial charge in [-0.2, -0.15) is 5.10 Å². The highest BCUT2D eigenvalue weighted by Crippen LogP contribution is 2.24. The lowest BCUT2D eigenvalue weighted by atomic mass is 10.2. The molecule has 0 atom stereocenters. The molecule has 2 rings (SSSR count). The predicted molar refractivity (Wildman–Crippen MR) is 82.2 cm³/mol. The number of hydrazone groups is 1. The second-order valence-corrected chi connectivity index (χ2v) is 4.81. The number of nitrogens with one attached hydrogen (secondary N) is 1. The molecule has 0 saturated carbocycles. The van der Waals surface area contributed by atoms with E-state index < -0.39 is 0 Å². The van der Waals surface area contributed by atoms with E-state index in [1.807, 2.05) is 24.3 Å². The summed E-state index contributed by atoms with van der Waals surface area (Å²) in [5.41, 5.74) is 3.90. The van der Waals surface area contributed by atoms with Crippen molar-refractivity contribution in [3.63, 3.8) is 0 Å². The minimum absolute atomic E-state index is 0.241. The first-order valence-electron chi connectivity index (χ1n) is 5.92. The lowest BCUT2D eigenvalue weighted by Crippen LogP contribution is -2.17. The highest BCUT2D eigenvalue weighted by molar-refractivity contribution is 9.10. The molecule has 0 aliphatic rings. The number of benzene rings is 2. The number of methoxy groups -OCH3 is 1. The van der Waals surface area contributed by atoms with Crippen LogP contribution in [-0.2, 0) is 0 Å². The molecular formula is C15H13BrN2O2. The van der Waals surface area contributed by atoms with Crippen molar-refractivity contribution in [1.29, 1.82) is 0 Å². The van der Waals surface area contributed by atoms with E-state index in [1.54, 1.807) is 37.6 Å². The average Bonchev–Trinajstić information content (AvgIpc) is 2.48. The number of hydrogen-bond acceptors (Lipinski definition) is 3. The van der Waals surface area contributed by atoms with Crippen LogP contribution in [0.25, 0.3) is 0 Å². The number of halogens is 1. The zero-order valence-electron chi connectivity index (χ0n) is 10.8. The Labute approximate surface area is 125 Å². The van der Waals surface area contributed by atoms with E-state index in [0.717, 1.165) is 15.8 Å². The van der Waals surface area contributed by atoms with Crippen molar-refractivity contribution in [2.45, 2.75) is 0 Å². The lowest BCUT2D eigenvalue weighted by molar-refractivity contribution is 0.0955. The quantitative estimate of drug-likeness (QED) is 0.690. The summed E-state index contributed by atoms with van der Waals surface area (Å²) in [5.74, 6) is 0.505. The number of rotatable bonds is 4. The molecule has 2 aromatic rings. The van der Waals surface area contributed by atoms with Crippen LogP contribution in [0.5, 0.6) is 5.75 Å². The van der Waals surface area contributed by atoms with E-state index in [4.69, 9.17) is 4.74 Å². The van der Waals surface area contributed by atoms with Gasteiger partial charge in [0.2, 0.25) is 0 Å². The van der Waals surface area contributed by atoms with E-state index >= 15 is 0 Å². The topological polar surface area (TPSA) is 50.7 Å². The third-order valence-corrected chi connectivity index (χ3v) is 3.21. The summed E-state index contributed by atoms with van der Waals surface area (Å²) in [5, 5.41) is 3.93. The van der Waals surface area contributed by atoms with Crippen molar-refractivity contribution in [2.75, 3.05) is 7.11 Å². The summed E-state index contributed by atoms with van der Waals surface area (Å²) >= 11 is 3.39. The van der Waals surface area contributed by atoms with Gasteiger partial charge in [0, 0.05) is 5.56 Å². The van der Waals surface area contributed by atoms with Crippen LogP contribution in [0.15, 0.2) is 58.1 Å². The zero-order valence-corrected chi connectivity index (χ0v) is 12.4. The van der Waals surface area contributed by atoms with Crippen LogP contribution in [0.3, 0.4) is 0 Å². The maximum absolute atomic E-state index is 11.7. The van der Waals surface area contributed by atoms with Gasteiger partial charge in [0.05, 0.1) is 17.8 Å². The van der Waals surface area contributed by atoms with Gasteiger partial charge in [-0.15, -0.1) is 0 Å². The summed E-state index contributed by atoms with van der Waals surface area (Å²) in [4.78, 5) is 11.7. The fourth-order valence-corrected chi connectivity index (χ4v) is 2.14.